The molecular formula is C24H24N2O8. The molecule has 1 heterocycles. The molecule has 1 amide bonds. The van der Waals surface area contributed by atoms with Crippen molar-refractivity contribution in [1.82, 2.24) is 4.90 Å². The number of nitrogens with zero attached hydrogens (tertiary/aromatic N) is 2. The number of Topliss-reactive ketones (excluding diaryl/α,β-unsaturated/α-hetero) is 1. The Hall–Kier alpha value is -4.21. The molecule has 1 fully saturated rings. The van der Waals surface area contributed by atoms with E-state index in [9.17, 15) is 29.6 Å². The second-order valence-corrected chi connectivity index (χ2v) is 7.78. The summed E-state index contributed by atoms with van der Waals surface area (Å²) in [5.41, 5.74) is 0.222. The minimum absolute atomic E-state index is 0.00933. The molecule has 2 aromatic rings. The van der Waals surface area contributed by atoms with E-state index in [4.69, 9.17) is 9.84 Å². The molecule has 0 aromatic heterocycles. The van der Waals surface area contributed by atoms with Crippen LogP contribution in [0.2, 0.25) is 0 Å². The highest BCUT2D eigenvalue weighted by atomic mass is 16.6. The van der Waals surface area contributed by atoms with Crippen LogP contribution in [0.25, 0.3) is 5.76 Å². The smallest absolute Gasteiger partial charge is 0.303 e. The van der Waals surface area contributed by atoms with Crippen molar-refractivity contribution in [3.8, 4) is 5.75 Å². The van der Waals surface area contributed by atoms with Crippen molar-refractivity contribution in [3.63, 3.8) is 0 Å². The number of ether oxygens (including phenoxy) is 1. The van der Waals surface area contributed by atoms with E-state index < -0.39 is 34.4 Å². The van der Waals surface area contributed by atoms with Gasteiger partial charge in [0.2, 0.25) is 0 Å². The number of non-ortho nitro benzene ring substituents is 1. The van der Waals surface area contributed by atoms with Crippen LogP contribution in [0.5, 0.6) is 5.75 Å². The van der Waals surface area contributed by atoms with Crippen LogP contribution in [0, 0.1) is 10.1 Å². The van der Waals surface area contributed by atoms with Gasteiger partial charge in [0.15, 0.2) is 0 Å². The zero-order chi connectivity index (χ0) is 24.8. The standard InChI is InChI=1S/C24H24N2O8/c1-34-18-11-9-15(10-12-18)22(29)20-21(16-6-5-7-17(14-16)26(32)33)25(24(31)23(20)30)13-4-2-3-8-19(27)28/h5-7,9-12,14,21,29H,2-4,8,13H2,1H3,(H,27,28)/t21-/m1/s1. The van der Waals surface area contributed by atoms with Gasteiger partial charge in [-0.2, -0.15) is 0 Å². The number of carbonyl (C=O) groups excluding carboxylic acids is 2. The fraction of sp³-hybridized carbons (Fsp3) is 0.292. The van der Waals surface area contributed by atoms with E-state index >= 15 is 0 Å². The van der Waals surface area contributed by atoms with Crippen LogP contribution in [-0.4, -0.2) is 51.4 Å². The molecule has 34 heavy (non-hydrogen) atoms. The molecule has 0 spiro atoms. The van der Waals surface area contributed by atoms with E-state index in [1.807, 2.05) is 0 Å². The lowest BCUT2D eigenvalue weighted by Crippen LogP contribution is -2.30. The molecule has 10 heteroatoms. The minimum Gasteiger partial charge on any atom is -0.507 e. The van der Waals surface area contributed by atoms with Crippen LogP contribution >= 0.6 is 0 Å². The molecule has 2 aromatic carbocycles. The van der Waals surface area contributed by atoms with Gasteiger partial charge in [0.1, 0.15) is 11.5 Å². The number of ketones is 1. The summed E-state index contributed by atoms with van der Waals surface area (Å²) < 4.78 is 5.11. The molecule has 10 nitrogen and oxygen atoms in total. The summed E-state index contributed by atoms with van der Waals surface area (Å²) >= 11 is 0. The number of nitro groups is 1. The molecule has 1 aliphatic rings. The first kappa shape index (κ1) is 24.4. The van der Waals surface area contributed by atoms with E-state index in [1.54, 1.807) is 18.2 Å². The first-order valence-corrected chi connectivity index (χ1v) is 10.6. The quantitative estimate of drug-likeness (QED) is 0.134. The molecule has 1 aliphatic heterocycles. The first-order chi connectivity index (χ1) is 16.2. The Morgan fingerprint density at radius 3 is 2.41 bits per heavy atom. The molecule has 1 atom stereocenters. The molecule has 3 rings (SSSR count). The Morgan fingerprint density at radius 1 is 1.09 bits per heavy atom. The second kappa shape index (κ2) is 10.6. The van der Waals surface area contributed by atoms with Crippen molar-refractivity contribution in [2.45, 2.75) is 31.7 Å². The zero-order valence-corrected chi connectivity index (χ0v) is 18.5. The number of rotatable bonds is 10. The molecular weight excluding hydrogens is 444 g/mol. The van der Waals surface area contributed by atoms with Crippen LogP contribution in [0.1, 0.15) is 42.9 Å². The van der Waals surface area contributed by atoms with Gasteiger partial charge >= 0.3 is 5.97 Å². The number of carbonyl (C=O) groups is 3. The Bertz CT molecular complexity index is 1140. The van der Waals surface area contributed by atoms with Gasteiger partial charge in [-0.3, -0.25) is 24.5 Å². The number of aliphatic carboxylic acids is 1. The Balaban J connectivity index is 2.02. The van der Waals surface area contributed by atoms with Crippen LogP contribution in [0.3, 0.4) is 0 Å². The van der Waals surface area contributed by atoms with Gasteiger partial charge in [-0.25, -0.2) is 0 Å². The average molecular weight is 468 g/mol. The minimum atomic E-state index is -1.03. The van der Waals surface area contributed by atoms with Gasteiger partial charge in [0.25, 0.3) is 17.4 Å². The Morgan fingerprint density at radius 2 is 1.79 bits per heavy atom. The van der Waals surface area contributed by atoms with E-state index in [-0.39, 0.29) is 29.8 Å². The molecule has 1 saturated heterocycles. The summed E-state index contributed by atoms with van der Waals surface area (Å²) in [6.07, 6.45) is 1.33. The number of aliphatic hydroxyl groups is 1. The van der Waals surface area contributed by atoms with E-state index in [2.05, 4.69) is 0 Å². The van der Waals surface area contributed by atoms with Crippen LogP contribution in [0.4, 0.5) is 5.69 Å². The molecule has 0 bridgehead atoms. The molecule has 0 aliphatic carbocycles. The summed E-state index contributed by atoms with van der Waals surface area (Å²) in [4.78, 5) is 48.6. The second-order valence-electron chi connectivity index (χ2n) is 7.78. The highest BCUT2D eigenvalue weighted by Gasteiger charge is 2.46. The zero-order valence-electron chi connectivity index (χ0n) is 18.5. The fourth-order valence-corrected chi connectivity index (χ4v) is 3.91. The van der Waals surface area contributed by atoms with Gasteiger partial charge in [-0.05, 0) is 42.7 Å². The predicted octanol–water partition coefficient (Wildman–Crippen LogP) is 3.67. The number of carboxylic acids is 1. The summed E-state index contributed by atoms with van der Waals surface area (Å²) in [5.74, 6) is -2.50. The van der Waals surface area contributed by atoms with Gasteiger partial charge in [-0.1, -0.05) is 18.6 Å². The maximum absolute atomic E-state index is 13.0. The van der Waals surface area contributed by atoms with Crippen LogP contribution < -0.4 is 4.74 Å². The van der Waals surface area contributed by atoms with E-state index in [0.717, 1.165) is 0 Å². The highest BCUT2D eigenvalue weighted by Crippen LogP contribution is 2.40. The highest BCUT2D eigenvalue weighted by molar-refractivity contribution is 6.46. The number of unbranched alkanes of at least 4 members (excludes halogenated alkanes) is 2. The van der Waals surface area contributed by atoms with Gasteiger partial charge in [-0.15, -0.1) is 0 Å². The van der Waals surface area contributed by atoms with Crippen molar-refractivity contribution < 1.29 is 34.3 Å². The predicted molar refractivity (Wildman–Crippen MR) is 121 cm³/mol. The SMILES string of the molecule is COc1ccc(C(O)=C2C(=O)C(=O)N(CCCCCC(=O)O)[C@@H]2c2cccc([N+](=O)[O-])c2)cc1. The summed E-state index contributed by atoms with van der Waals surface area (Å²) in [6, 6.07) is 10.8. The number of carboxylic acid groups (broad SMARTS) is 1. The number of hydrogen-bond acceptors (Lipinski definition) is 7. The van der Waals surface area contributed by atoms with Gasteiger partial charge in [0.05, 0.1) is 23.6 Å². The third-order valence-electron chi connectivity index (χ3n) is 5.59. The monoisotopic (exact) mass is 468 g/mol. The Kier molecular flexibility index (Phi) is 7.62. The lowest BCUT2D eigenvalue weighted by Gasteiger charge is -2.25. The number of methoxy groups -OCH3 is 1. The first-order valence-electron chi connectivity index (χ1n) is 10.6. The molecule has 178 valence electrons. The van der Waals surface area contributed by atoms with Crippen molar-refractivity contribution in [3.05, 3.63) is 75.3 Å². The Labute approximate surface area is 195 Å². The number of aliphatic hydroxyl groups excluding tert-OH is 1. The van der Waals surface area contributed by atoms with Crippen LogP contribution in [-0.2, 0) is 14.4 Å². The lowest BCUT2D eigenvalue weighted by molar-refractivity contribution is -0.384. The third-order valence-corrected chi connectivity index (χ3v) is 5.59. The molecule has 0 saturated carbocycles. The number of amides is 1. The maximum atomic E-state index is 13.0. The molecule has 0 unspecified atom stereocenters. The van der Waals surface area contributed by atoms with Crippen molar-refractivity contribution >= 4 is 29.1 Å². The summed E-state index contributed by atoms with van der Waals surface area (Å²) in [7, 11) is 1.49. The van der Waals surface area contributed by atoms with Crippen LogP contribution in [0.15, 0.2) is 54.1 Å². The van der Waals surface area contributed by atoms with E-state index in [1.165, 1.54) is 42.3 Å². The average Bonchev–Trinajstić information content (AvgIpc) is 3.08. The van der Waals surface area contributed by atoms with Gasteiger partial charge in [0, 0.05) is 30.7 Å². The molecule has 0 radical (unpaired) electrons. The van der Waals surface area contributed by atoms with E-state index in [0.29, 0.717) is 30.6 Å². The summed E-state index contributed by atoms with van der Waals surface area (Å²) in [5, 5.41) is 31.1. The van der Waals surface area contributed by atoms with Crippen molar-refractivity contribution in [2.24, 2.45) is 0 Å². The van der Waals surface area contributed by atoms with Crippen molar-refractivity contribution in [2.75, 3.05) is 13.7 Å². The molecule has 2 N–H and O–H groups in total. The maximum Gasteiger partial charge on any atom is 0.303 e. The summed E-state index contributed by atoms with van der Waals surface area (Å²) in [6.45, 7) is 0.122. The topological polar surface area (TPSA) is 147 Å². The number of benzene rings is 2. The third kappa shape index (κ3) is 5.22. The number of hydrogen-bond donors (Lipinski definition) is 2. The largest absolute Gasteiger partial charge is 0.507 e. The number of likely N-dealkylation sites (tertiary alicyclic amines) is 1. The lowest BCUT2D eigenvalue weighted by atomic mass is 9.95. The number of nitro benzene ring substituents is 1. The normalized spacial score (nSPS) is 17.1. The van der Waals surface area contributed by atoms with Crippen molar-refractivity contribution in [1.29, 1.82) is 0 Å². The fourth-order valence-electron chi connectivity index (χ4n) is 3.91. The van der Waals surface area contributed by atoms with Gasteiger partial charge < -0.3 is 19.8 Å².